The van der Waals surface area contributed by atoms with E-state index in [1.54, 1.807) is 27.7 Å². The Bertz CT molecular complexity index is 361. The van der Waals surface area contributed by atoms with Crippen molar-refractivity contribution in [2.75, 3.05) is 0 Å². The van der Waals surface area contributed by atoms with E-state index in [1.165, 1.54) is 0 Å². The molecule has 4 atom stereocenters. The van der Waals surface area contributed by atoms with Crippen LogP contribution in [0.2, 0.25) is 0 Å². The van der Waals surface area contributed by atoms with E-state index >= 15 is 0 Å². The fourth-order valence-corrected chi connectivity index (χ4v) is 2.73. The van der Waals surface area contributed by atoms with Crippen molar-refractivity contribution in [2.24, 2.45) is 0 Å². The van der Waals surface area contributed by atoms with Gasteiger partial charge in [-0.15, -0.1) is 0 Å². The molecule has 0 amide bonds. The molecule has 0 radical (unpaired) electrons. The molecule has 18 heavy (non-hydrogen) atoms. The fourth-order valence-electron chi connectivity index (χ4n) is 2.73. The van der Waals surface area contributed by atoms with Crippen LogP contribution in [0.25, 0.3) is 0 Å². The minimum Gasteiger partial charge on any atom is -0.460 e. The standard InChI is InChI=1S/C13H22O5/c1-11(2,3)18-10(15)7-13(16)6-8(14)5-9-12(13,4)17-9/h8-9,14,16H,5-7H2,1-4H3/t8-,9+,12+,13+/m0/s1. The minimum absolute atomic E-state index is 0.145. The smallest absolute Gasteiger partial charge is 0.309 e. The van der Waals surface area contributed by atoms with E-state index in [2.05, 4.69) is 0 Å². The highest BCUT2D eigenvalue weighted by Gasteiger charge is 2.69. The molecule has 0 aromatic heterocycles. The molecule has 1 aliphatic heterocycles. The van der Waals surface area contributed by atoms with Crippen LogP contribution in [0, 0.1) is 0 Å². The van der Waals surface area contributed by atoms with Gasteiger partial charge in [-0.05, 0) is 27.7 Å². The molecule has 0 unspecified atom stereocenters. The van der Waals surface area contributed by atoms with Gasteiger partial charge in [-0.2, -0.15) is 0 Å². The highest BCUT2D eigenvalue weighted by molar-refractivity contribution is 5.71. The first kappa shape index (κ1) is 13.8. The molecule has 2 aliphatic rings. The van der Waals surface area contributed by atoms with Crippen LogP contribution >= 0.6 is 0 Å². The van der Waals surface area contributed by atoms with Gasteiger partial charge in [0.15, 0.2) is 0 Å². The number of ether oxygens (including phenoxy) is 2. The molecule has 5 heteroatoms. The molecular weight excluding hydrogens is 236 g/mol. The van der Waals surface area contributed by atoms with Crippen molar-refractivity contribution in [1.29, 1.82) is 0 Å². The topological polar surface area (TPSA) is 79.3 Å². The molecule has 0 bridgehead atoms. The lowest BCUT2D eigenvalue weighted by Crippen LogP contribution is -2.53. The zero-order chi connectivity index (χ0) is 13.8. The number of epoxide rings is 1. The van der Waals surface area contributed by atoms with Crippen LogP contribution in [0.3, 0.4) is 0 Å². The maximum Gasteiger partial charge on any atom is 0.309 e. The predicted octanol–water partition coefficient (Wildman–Crippen LogP) is 0.761. The summed E-state index contributed by atoms with van der Waals surface area (Å²) in [5.41, 5.74) is -2.63. The number of hydrogen-bond donors (Lipinski definition) is 2. The largest absolute Gasteiger partial charge is 0.460 e. The molecule has 1 saturated carbocycles. The number of aliphatic hydroxyl groups is 2. The summed E-state index contributed by atoms with van der Waals surface area (Å²) in [5, 5.41) is 20.3. The van der Waals surface area contributed by atoms with Crippen LogP contribution < -0.4 is 0 Å². The molecule has 1 saturated heterocycles. The number of rotatable bonds is 2. The molecule has 0 aromatic rings. The van der Waals surface area contributed by atoms with Gasteiger partial charge in [0.2, 0.25) is 0 Å². The first-order valence-electron chi connectivity index (χ1n) is 6.36. The summed E-state index contributed by atoms with van der Waals surface area (Å²) in [7, 11) is 0. The van der Waals surface area contributed by atoms with E-state index in [9.17, 15) is 15.0 Å². The molecule has 2 rings (SSSR count). The molecular formula is C13H22O5. The van der Waals surface area contributed by atoms with Crippen LogP contribution in [0.15, 0.2) is 0 Å². The Morgan fingerprint density at radius 3 is 2.67 bits per heavy atom. The quantitative estimate of drug-likeness (QED) is 0.564. The third-order valence-corrected chi connectivity index (χ3v) is 3.78. The zero-order valence-electron chi connectivity index (χ0n) is 11.4. The molecule has 104 valence electrons. The lowest BCUT2D eigenvalue weighted by Gasteiger charge is -2.37. The number of fused-ring (bicyclic) bond motifs is 1. The van der Waals surface area contributed by atoms with Crippen molar-refractivity contribution in [3.63, 3.8) is 0 Å². The minimum atomic E-state index is -1.34. The molecule has 2 N–H and O–H groups in total. The zero-order valence-corrected chi connectivity index (χ0v) is 11.4. The predicted molar refractivity (Wildman–Crippen MR) is 63.9 cm³/mol. The summed E-state index contributed by atoms with van der Waals surface area (Å²) in [5.74, 6) is -0.463. The van der Waals surface area contributed by atoms with Crippen LogP contribution in [0.1, 0.15) is 47.0 Å². The van der Waals surface area contributed by atoms with Gasteiger partial charge in [0, 0.05) is 12.8 Å². The van der Waals surface area contributed by atoms with Crippen molar-refractivity contribution in [2.45, 2.75) is 76.0 Å². The second kappa shape index (κ2) is 3.92. The average molecular weight is 258 g/mol. The normalized spacial score (nSPS) is 43.2. The second-order valence-corrected chi connectivity index (χ2v) is 6.60. The average Bonchev–Trinajstić information content (AvgIpc) is 2.72. The lowest BCUT2D eigenvalue weighted by atomic mass is 9.73. The third kappa shape index (κ3) is 2.39. The van der Waals surface area contributed by atoms with E-state index in [1.807, 2.05) is 0 Å². The molecule has 0 spiro atoms. The van der Waals surface area contributed by atoms with Crippen molar-refractivity contribution in [1.82, 2.24) is 0 Å². The Kier molecular flexibility index (Phi) is 3.00. The van der Waals surface area contributed by atoms with Gasteiger partial charge in [-0.1, -0.05) is 0 Å². The molecule has 1 heterocycles. The molecule has 5 nitrogen and oxygen atoms in total. The van der Waals surface area contributed by atoms with Gasteiger partial charge in [0.05, 0.1) is 18.6 Å². The van der Waals surface area contributed by atoms with Gasteiger partial charge < -0.3 is 19.7 Å². The number of esters is 1. The summed E-state index contributed by atoms with van der Waals surface area (Å²) in [6.07, 6.45) is -0.257. The fraction of sp³-hybridized carbons (Fsp3) is 0.923. The Hall–Kier alpha value is -0.650. The van der Waals surface area contributed by atoms with E-state index in [4.69, 9.17) is 9.47 Å². The maximum absolute atomic E-state index is 11.8. The van der Waals surface area contributed by atoms with E-state index in [-0.39, 0.29) is 18.9 Å². The summed E-state index contributed by atoms with van der Waals surface area (Å²) in [6.45, 7) is 7.13. The number of carbonyl (C=O) groups excluding carboxylic acids is 1. The molecule has 2 fully saturated rings. The van der Waals surface area contributed by atoms with Gasteiger partial charge in [-0.25, -0.2) is 0 Å². The van der Waals surface area contributed by atoms with Crippen molar-refractivity contribution in [3.8, 4) is 0 Å². The van der Waals surface area contributed by atoms with Crippen LogP contribution in [0.4, 0.5) is 0 Å². The Balaban J connectivity index is 2.05. The highest BCUT2D eigenvalue weighted by Crippen LogP contribution is 2.54. The van der Waals surface area contributed by atoms with E-state index < -0.39 is 28.9 Å². The summed E-state index contributed by atoms with van der Waals surface area (Å²) in [4.78, 5) is 11.8. The number of aliphatic hydroxyl groups excluding tert-OH is 1. The van der Waals surface area contributed by atoms with Gasteiger partial charge in [0.25, 0.3) is 0 Å². The highest BCUT2D eigenvalue weighted by atomic mass is 16.6. The Morgan fingerprint density at radius 1 is 1.50 bits per heavy atom. The third-order valence-electron chi connectivity index (χ3n) is 3.78. The van der Waals surface area contributed by atoms with Gasteiger partial charge in [0.1, 0.15) is 16.8 Å². The maximum atomic E-state index is 11.8. The Labute approximate surface area is 107 Å². The molecule has 1 aliphatic carbocycles. The van der Waals surface area contributed by atoms with Crippen LogP contribution in [0.5, 0.6) is 0 Å². The number of carbonyl (C=O) groups is 1. The Morgan fingerprint density at radius 2 is 2.11 bits per heavy atom. The molecule has 0 aromatic carbocycles. The second-order valence-electron chi connectivity index (χ2n) is 6.60. The summed E-state index contributed by atoms with van der Waals surface area (Å²) in [6, 6.07) is 0. The first-order valence-corrected chi connectivity index (χ1v) is 6.36. The monoisotopic (exact) mass is 258 g/mol. The number of hydrogen-bond acceptors (Lipinski definition) is 5. The van der Waals surface area contributed by atoms with Crippen molar-refractivity contribution >= 4 is 5.97 Å². The van der Waals surface area contributed by atoms with Gasteiger partial charge in [-0.3, -0.25) is 4.79 Å². The summed E-state index contributed by atoms with van der Waals surface area (Å²) < 4.78 is 10.7. The van der Waals surface area contributed by atoms with Crippen LogP contribution in [-0.4, -0.2) is 45.2 Å². The van der Waals surface area contributed by atoms with Gasteiger partial charge >= 0.3 is 5.97 Å². The SMILES string of the molecule is CC(C)(C)OC(=O)C[C@]1(O)C[C@@H](O)C[C@H]2O[C@]21C. The van der Waals surface area contributed by atoms with Crippen molar-refractivity contribution in [3.05, 3.63) is 0 Å². The summed E-state index contributed by atoms with van der Waals surface area (Å²) >= 11 is 0. The first-order chi connectivity index (χ1) is 8.06. The lowest BCUT2D eigenvalue weighted by molar-refractivity contribution is -0.166. The van der Waals surface area contributed by atoms with E-state index in [0.717, 1.165) is 0 Å². The van der Waals surface area contributed by atoms with Crippen molar-refractivity contribution < 1.29 is 24.5 Å². The van der Waals surface area contributed by atoms with Crippen LogP contribution in [-0.2, 0) is 14.3 Å². The van der Waals surface area contributed by atoms with E-state index in [0.29, 0.717) is 6.42 Å².